The molecule has 142 valence electrons. The second-order valence-corrected chi connectivity index (χ2v) is 6.87. The number of H-pyrrole nitrogens is 1. The molecule has 3 heterocycles. The Morgan fingerprint density at radius 2 is 1.93 bits per heavy atom. The van der Waals surface area contributed by atoms with Crippen LogP contribution in [0.3, 0.4) is 0 Å². The van der Waals surface area contributed by atoms with Gasteiger partial charge in [-0.2, -0.15) is 15.2 Å². The lowest BCUT2D eigenvalue weighted by atomic mass is 10.1. The second kappa shape index (κ2) is 7.95. The van der Waals surface area contributed by atoms with E-state index in [2.05, 4.69) is 25.4 Å². The van der Waals surface area contributed by atoms with E-state index in [1.165, 1.54) is 10.9 Å². The smallest absolute Gasteiger partial charge is 0.286 e. The molecule has 10 heteroatoms. The number of nitrogens with zero attached hydrogens (tertiary/aromatic N) is 5. The summed E-state index contributed by atoms with van der Waals surface area (Å²) in [6.45, 7) is 0.0398. The number of hydrogen-bond donors (Lipinski definition) is 1. The van der Waals surface area contributed by atoms with Gasteiger partial charge in [-0.1, -0.05) is 40.5 Å². The highest BCUT2D eigenvalue weighted by Gasteiger charge is 2.14. The fourth-order valence-corrected chi connectivity index (χ4v) is 3.05. The Bertz CT molecular complexity index is 1140. The summed E-state index contributed by atoms with van der Waals surface area (Å²) >= 11 is 12.1. The number of rotatable bonds is 6. The molecule has 0 bridgehead atoms. The van der Waals surface area contributed by atoms with E-state index in [1.54, 1.807) is 12.4 Å². The summed E-state index contributed by atoms with van der Waals surface area (Å²) in [5.41, 5.74) is 1.87. The molecule has 1 N–H and O–H groups in total. The van der Waals surface area contributed by atoms with Crippen LogP contribution in [0.25, 0.3) is 11.1 Å². The van der Waals surface area contributed by atoms with Gasteiger partial charge >= 0.3 is 0 Å². The van der Waals surface area contributed by atoms with Crippen LogP contribution in [0.2, 0.25) is 10.0 Å². The van der Waals surface area contributed by atoms with Crippen LogP contribution in [0.15, 0.2) is 52.2 Å². The van der Waals surface area contributed by atoms with Crippen molar-refractivity contribution >= 4 is 23.2 Å². The predicted molar refractivity (Wildman–Crippen MR) is 103 cm³/mol. The Kier molecular flexibility index (Phi) is 5.23. The van der Waals surface area contributed by atoms with Crippen LogP contribution in [-0.4, -0.2) is 30.1 Å². The van der Waals surface area contributed by atoms with Crippen molar-refractivity contribution in [3.63, 3.8) is 0 Å². The number of nitrogens with one attached hydrogen (secondary N) is 1. The molecular formula is C18H14Cl2N6O2. The van der Waals surface area contributed by atoms with Crippen molar-refractivity contribution in [2.75, 3.05) is 0 Å². The third-order valence-electron chi connectivity index (χ3n) is 4.14. The van der Waals surface area contributed by atoms with E-state index < -0.39 is 5.56 Å². The highest BCUT2D eigenvalue weighted by molar-refractivity contribution is 6.33. The molecular weight excluding hydrogens is 403 g/mol. The topological polar surface area (TPSA) is 102 Å². The molecule has 8 nitrogen and oxygen atoms in total. The lowest BCUT2D eigenvalue weighted by molar-refractivity contribution is 0.358. The summed E-state index contributed by atoms with van der Waals surface area (Å²) in [6, 6.07) is 7.59. The molecule has 0 fully saturated rings. The van der Waals surface area contributed by atoms with E-state index >= 15 is 0 Å². The zero-order valence-corrected chi connectivity index (χ0v) is 16.0. The molecule has 0 saturated carbocycles. The summed E-state index contributed by atoms with van der Waals surface area (Å²) in [4.78, 5) is 16.8. The lowest BCUT2D eigenvalue weighted by Crippen LogP contribution is -2.24. The second-order valence-electron chi connectivity index (χ2n) is 6.05. The molecule has 3 aromatic heterocycles. The summed E-state index contributed by atoms with van der Waals surface area (Å²) in [6.07, 6.45) is 6.06. The Labute approximate surface area is 169 Å². The van der Waals surface area contributed by atoms with E-state index in [0.29, 0.717) is 28.4 Å². The standard InChI is InChI=1S/C18H14Cl2N6O2/c19-13-4-1-11(2-5-13)3-6-15-24-16(28-25-15)10-26-18(27)17(20)14(9-23-26)12-7-21-22-8-12/h1-2,4-5,7-9H,3,6,10H2,(H,21,22). The molecule has 0 saturated heterocycles. The summed E-state index contributed by atoms with van der Waals surface area (Å²) < 4.78 is 6.42. The van der Waals surface area contributed by atoms with E-state index in [-0.39, 0.29) is 17.5 Å². The molecule has 0 unspecified atom stereocenters. The molecule has 4 rings (SSSR count). The highest BCUT2D eigenvalue weighted by Crippen LogP contribution is 2.22. The molecule has 0 atom stereocenters. The SMILES string of the molecule is O=c1c(Cl)c(-c2cn[nH]c2)cnn1Cc1nc(CCc2ccc(Cl)cc2)no1. The lowest BCUT2D eigenvalue weighted by Gasteiger charge is -2.04. The number of halogens is 2. The van der Waals surface area contributed by atoms with Gasteiger partial charge in [-0.15, -0.1) is 0 Å². The molecule has 0 spiro atoms. The van der Waals surface area contributed by atoms with Gasteiger partial charge in [0.25, 0.3) is 5.56 Å². The average Bonchev–Trinajstić information content (AvgIpc) is 3.37. The van der Waals surface area contributed by atoms with Crippen LogP contribution in [0.1, 0.15) is 17.3 Å². The van der Waals surface area contributed by atoms with Gasteiger partial charge in [0.15, 0.2) is 5.82 Å². The molecule has 28 heavy (non-hydrogen) atoms. The number of hydrogen-bond acceptors (Lipinski definition) is 6. The maximum absolute atomic E-state index is 12.5. The van der Waals surface area contributed by atoms with Crippen LogP contribution in [0.4, 0.5) is 0 Å². The zero-order chi connectivity index (χ0) is 19.5. The van der Waals surface area contributed by atoms with Crippen molar-refractivity contribution in [2.24, 2.45) is 0 Å². The summed E-state index contributed by atoms with van der Waals surface area (Å²) in [5.74, 6) is 0.840. The van der Waals surface area contributed by atoms with Crippen molar-refractivity contribution in [3.05, 3.63) is 80.5 Å². The van der Waals surface area contributed by atoms with Crippen LogP contribution in [0.5, 0.6) is 0 Å². The van der Waals surface area contributed by atoms with Crippen LogP contribution in [0, 0.1) is 0 Å². The fraction of sp³-hybridized carbons (Fsp3) is 0.167. The number of aromatic nitrogens is 6. The molecule has 0 aliphatic carbocycles. The zero-order valence-electron chi connectivity index (χ0n) is 14.5. The van der Waals surface area contributed by atoms with Gasteiger partial charge in [0, 0.05) is 28.8 Å². The van der Waals surface area contributed by atoms with E-state index in [4.69, 9.17) is 27.7 Å². The Hall–Kier alpha value is -2.97. The number of aryl methyl sites for hydroxylation is 2. The average molecular weight is 417 g/mol. The summed E-state index contributed by atoms with van der Waals surface area (Å²) in [5, 5.41) is 15.4. The monoisotopic (exact) mass is 416 g/mol. The van der Waals surface area contributed by atoms with Gasteiger partial charge in [0.2, 0.25) is 5.89 Å². The van der Waals surface area contributed by atoms with Crippen molar-refractivity contribution in [2.45, 2.75) is 19.4 Å². The largest absolute Gasteiger partial charge is 0.337 e. The maximum Gasteiger partial charge on any atom is 0.286 e. The van der Waals surface area contributed by atoms with Gasteiger partial charge in [0.1, 0.15) is 11.6 Å². The quantitative estimate of drug-likeness (QED) is 0.517. The third kappa shape index (κ3) is 3.97. The van der Waals surface area contributed by atoms with Gasteiger partial charge in [-0.05, 0) is 24.1 Å². The molecule has 0 amide bonds. The number of aromatic amines is 1. The van der Waals surface area contributed by atoms with Crippen LogP contribution in [-0.2, 0) is 19.4 Å². The van der Waals surface area contributed by atoms with Crippen molar-refractivity contribution < 1.29 is 4.52 Å². The Morgan fingerprint density at radius 1 is 1.11 bits per heavy atom. The minimum Gasteiger partial charge on any atom is -0.337 e. The Balaban J connectivity index is 1.46. The van der Waals surface area contributed by atoms with Crippen molar-refractivity contribution in [1.82, 2.24) is 30.1 Å². The third-order valence-corrected chi connectivity index (χ3v) is 4.76. The predicted octanol–water partition coefficient (Wildman–Crippen LogP) is 3.16. The first-order valence-corrected chi connectivity index (χ1v) is 9.16. The van der Waals surface area contributed by atoms with Gasteiger partial charge < -0.3 is 4.52 Å². The summed E-state index contributed by atoms with van der Waals surface area (Å²) in [7, 11) is 0. The minimum atomic E-state index is -0.443. The van der Waals surface area contributed by atoms with Crippen LogP contribution >= 0.6 is 23.2 Å². The molecule has 0 radical (unpaired) electrons. The van der Waals surface area contributed by atoms with Crippen LogP contribution < -0.4 is 5.56 Å². The molecule has 4 aromatic rings. The van der Waals surface area contributed by atoms with Crippen molar-refractivity contribution in [3.8, 4) is 11.1 Å². The first kappa shape index (κ1) is 18.4. The first-order chi connectivity index (χ1) is 13.6. The van der Waals surface area contributed by atoms with E-state index in [1.807, 2.05) is 24.3 Å². The van der Waals surface area contributed by atoms with Gasteiger partial charge in [-0.25, -0.2) is 4.68 Å². The van der Waals surface area contributed by atoms with Gasteiger partial charge in [0.05, 0.1) is 12.4 Å². The fourth-order valence-electron chi connectivity index (χ4n) is 2.67. The van der Waals surface area contributed by atoms with Crippen molar-refractivity contribution in [1.29, 1.82) is 0 Å². The Morgan fingerprint density at radius 3 is 2.68 bits per heavy atom. The molecule has 0 aliphatic rings. The first-order valence-electron chi connectivity index (χ1n) is 8.41. The normalized spacial score (nSPS) is 11.1. The maximum atomic E-state index is 12.5. The van der Waals surface area contributed by atoms with E-state index in [9.17, 15) is 4.79 Å². The molecule has 1 aromatic carbocycles. The highest BCUT2D eigenvalue weighted by atomic mass is 35.5. The number of benzene rings is 1. The van der Waals surface area contributed by atoms with Gasteiger partial charge in [-0.3, -0.25) is 9.89 Å². The molecule has 0 aliphatic heterocycles. The van der Waals surface area contributed by atoms with E-state index in [0.717, 1.165) is 12.0 Å². The minimum absolute atomic E-state index is 0.0398.